The molecule has 0 atom stereocenters. The lowest BCUT2D eigenvalue weighted by atomic mass is 10.2. The third-order valence-corrected chi connectivity index (χ3v) is 4.51. The van der Waals surface area contributed by atoms with Crippen LogP contribution in [0.4, 0.5) is 16.2 Å². The second-order valence-corrected chi connectivity index (χ2v) is 6.76. The van der Waals surface area contributed by atoms with Gasteiger partial charge in [0.2, 0.25) is 0 Å². The van der Waals surface area contributed by atoms with E-state index in [4.69, 9.17) is 0 Å². The lowest BCUT2D eigenvalue weighted by Crippen LogP contribution is -2.19. The van der Waals surface area contributed by atoms with Crippen LogP contribution in [0.2, 0.25) is 0 Å². The lowest BCUT2D eigenvalue weighted by Gasteiger charge is -2.10. The highest BCUT2D eigenvalue weighted by atomic mass is 79.9. The van der Waals surface area contributed by atoms with Crippen LogP contribution in [0, 0.1) is 6.92 Å². The fraction of sp³-hybridized carbons (Fsp3) is 0.235. The first kappa shape index (κ1) is 16.4. The van der Waals surface area contributed by atoms with Gasteiger partial charge in [0.05, 0.1) is 5.69 Å². The topological polar surface area (TPSA) is 71.3 Å². The van der Waals surface area contributed by atoms with Gasteiger partial charge >= 0.3 is 6.03 Å². The molecule has 7 heteroatoms. The number of benzene rings is 1. The minimum atomic E-state index is -0.296. The smallest absolute Gasteiger partial charge is 0.308 e. The largest absolute Gasteiger partial charge is 0.323 e. The van der Waals surface area contributed by atoms with Crippen LogP contribution in [0.5, 0.6) is 0 Å². The van der Waals surface area contributed by atoms with E-state index in [2.05, 4.69) is 50.6 Å². The van der Waals surface area contributed by atoms with Gasteiger partial charge in [-0.15, -0.1) is 10.2 Å². The molecule has 0 radical (unpaired) electrons. The molecule has 0 saturated heterocycles. The normalized spacial score (nSPS) is 11.0. The van der Waals surface area contributed by atoms with Gasteiger partial charge in [0.25, 0.3) is 0 Å². The highest BCUT2D eigenvalue weighted by Crippen LogP contribution is 2.20. The molecule has 0 aliphatic heterocycles. The highest BCUT2D eigenvalue weighted by molar-refractivity contribution is 9.10. The summed E-state index contributed by atoms with van der Waals surface area (Å²) in [7, 11) is 0. The van der Waals surface area contributed by atoms with E-state index in [1.807, 2.05) is 41.8 Å². The van der Waals surface area contributed by atoms with E-state index >= 15 is 0 Å². The minimum Gasteiger partial charge on any atom is -0.308 e. The number of pyridine rings is 1. The van der Waals surface area contributed by atoms with E-state index in [1.165, 1.54) is 0 Å². The van der Waals surface area contributed by atoms with Crippen LogP contribution in [0.1, 0.15) is 31.2 Å². The fourth-order valence-corrected chi connectivity index (χ4v) is 2.64. The molecule has 3 rings (SSSR count). The van der Waals surface area contributed by atoms with E-state index < -0.39 is 0 Å². The Morgan fingerprint density at radius 3 is 2.54 bits per heavy atom. The quantitative estimate of drug-likeness (QED) is 0.691. The molecule has 0 unspecified atom stereocenters. The predicted molar refractivity (Wildman–Crippen MR) is 98.6 cm³/mol. The van der Waals surface area contributed by atoms with E-state index in [0.29, 0.717) is 5.69 Å². The van der Waals surface area contributed by atoms with Crippen molar-refractivity contribution in [3.8, 4) is 0 Å². The summed E-state index contributed by atoms with van der Waals surface area (Å²) in [6, 6.07) is 9.00. The van der Waals surface area contributed by atoms with Crippen LogP contribution in [0.15, 0.2) is 41.0 Å². The SMILES string of the molecule is Cc1cc(NC(=O)Nc2ccc3nnc(C(C)C)n3c2)ccc1Br. The summed E-state index contributed by atoms with van der Waals surface area (Å²) < 4.78 is 2.90. The second kappa shape index (κ2) is 6.60. The van der Waals surface area contributed by atoms with Crippen molar-refractivity contribution >= 4 is 39.0 Å². The number of hydrogen-bond donors (Lipinski definition) is 2. The summed E-state index contributed by atoms with van der Waals surface area (Å²) in [5, 5.41) is 14.0. The van der Waals surface area contributed by atoms with Gasteiger partial charge in [-0.2, -0.15) is 0 Å². The van der Waals surface area contributed by atoms with Crippen molar-refractivity contribution in [3.05, 3.63) is 52.4 Å². The Bertz CT molecular complexity index is 903. The zero-order valence-electron chi connectivity index (χ0n) is 13.7. The Morgan fingerprint density at radius 1 is 1.12 bits per heavy atom. The van der Waals surface area contributed by atoms with Crippen LogP contribution >= 0.6 is 15.9 Å². The summed E-state index contributed by atoms with van der Waals surface area (Å²) in [5.41, 5.74) is 3.23. The van der Waals surface area contributed by atoms with Gasteiger partial charge in [-0.3, -0.25) is 4.40 Å². The van der Waals surface area contributed by atoms with Crippen LogP contribution in [0.25, 0.3) is 5.65 Å². The molecule has 2 heterocycles. The Morgan fingerprint density at radius 2 is 1.83 bits per heavy atom. The van der Waals surface area contributed by atoms with Crippen molar-refractivity contribution in [3.63, 3.8) is 0 Å². The molecule has 0 saturated carbocycles. The maximum Gasteiger partial charge on any atom is 0.323 e. The van der Waals surface area contributed by atoms with E-state index in [0.717, 1.165) is 27.2 Å². The van der Waals surface area contributed by atoms with Crippen molar-refractivity contribution in [2.24, 2.45) is 0 Å². The maximum atomic E-state index is 12.2. The van der Waals surface area contributed by atoms with Crippen molar-refractivity contribution in [1.82, 2.24) is 14.6 Å². The van der Waals surface area contributed by atoms with Gasteiger partial charge in [-0.25, -0.2) is 4.79 Å². The number of fused-ring (bicyclic) bond motifs is 1. The molecule has 0 fully saturated rings. The van der Waals surface area contributed by atoms with Crippen molar-refractivity contribution in [2.75, 3.05) is 10.6 Å². The molecular formula is C17H18BrN5O. The number of amides is 2. The third kappa shape index (κ3) is 3.41. The van der Waals surface area contributed by atoms with Crippen LogP contribution in [-0.4, -0.2) is 20.6 Å². The summed E-state index contributed by atoms with van der Waals surface area (Å²) in [6.07, 6.45) is 1.83. The predicted octanol–water partition coefficient (Wildman–Crippen LogP) is 4.57. The molecule has 0 aliphatic carbocycles. The number of anilines is 2. The zero-order chi connectivity index (χ0) is 17.3. The number of rotatable bonds is 3. The van der Waals surface area contributed by atoms with Crippen molar-refractivity contribution in [2.45, 2.75) is 26.7 Å². The molecule has 24 heavy (non-hydrogen) atoms. The average molecular weight is 388 g/mol. The number of halogens is 1. The number of carbonyl (C=O) groups excluding carboxylic acids is 1. The maximum absolute atomic E-state index is 12.2. The van der Waals surface area contributed by atoms with Gasteiger partial charge in [0.15, 0.2) is 5.65 Å². The molecule has 0 spiro atoms. The Labute approximate surface area is 148 Å². The lowest BCUT2D eigenvalue weighted by molar-refractivity contribution is 0.262. The summed E-state index contributed by atoms with van der Waals surface area (Å²) in [5.74, 6) is 1.10. The molecule has 6 nitrogen and oxygen atoms in total. The van der Waals surface area contributed by atoms with Gasteiger partial charge in [0.1, 0.15) is 5.82 Å². The van der Waals surface area contributed by atoms with E-state index in [-0.39, 0.29) is 11.9 Å². The van der Waals surface area contributed by atoms with Crippen LogP contribution < -0.4 is 10.6 Å². The molecule has 0 aliphatic rings. The molecule has 3 aromatic rings. The first-order valence-electron chi connectivity index (χ1n) is 7.63. The van der Waals surface area contributed by atoms with Gasteiger partial charge in [0, 0.05) is 22.3 Å². The summed E-state index contributed by atoms with van der Waals surface area (Å²) in [6.45, 7) is 6.08. The highest BCUT2D eigenvalue weighted by Gasteiger charge is 2.10. The van der Waals surface area contributed by atoms with E-state index in [1.54, 1.807) is 6.07 Å². The standard InChI is InChI=1S/C17H18BrN5O/c1-10(2)16-22-21-15-7-5-13(9-23(15)16)20-17(24)19-12-4-6-14(18)11(3)8-12/h4-10H,1-3H3,(H2,19,20,24). The van der Waals surface area contributed by atoms with Crippen molar-refractivity contribution in [1.29, 1.82) is 0 Å². The minimum absolute atomic E-state index is 0.245. The number of nitrogens with zero attached hydrogens (tertiary/aromatic N) is 3. The number of aryl methyl sites for hydroxylation is 1. The first-order valence-corrected chi connectivity index (χ1v) is 8.42. The number of carbonyl (C=O) groups is 1. The first-order chi connectivity index (χ1) is 11.4. The molecule has 124 valence electrons. The molecule has 2 amide bonds. The third-order valence-electron chi connectivity index (χ3n) is 3.62. The Balaban J connectivity index is 1.77. The number of aromatic nitrogens is 3. The molecule has 2 aromatic heterocycles. The van der Waals surface area contributed by atoms with Crippen molar-refractivity contribution < 1.29 is 4.79 Å². The van der Waals surface area contributed by atoms with Crippen LogP contribution in [0.3, 0.4) is 0 Å². The second-order valence-electron chi connectivity index (χ2n) is 5.90. The molecule has 0 bridgehead atoms. The van der Waals surface area contributed by atoms with Gasteiger partial charge in [-0.1, -0.05) is 29.8 Å². The number of urea groups is 1. The van der Waals surface area contributed by atoms with Gasteiger partial charge < -0.3 is 10.6 Å². The zero-order valence-corrected chi connectivity index (χ0v) is 15.3. The molecule has 1 aromatic carbocycles. The van der Waals surface area contributed by atoms with E-state index in [9.17, 15) is 4.79 Å². The van der Waals surface area contributed by atoms with Crippen LogP contribution in [-0.2, 0) is 0 Å². The number of nitrogens with one attached hydrogen (secondary N) is 2. The summed E-state index contributed by atoms with van der Waals surface area (Å²) >= 11 is 3.44. The Hall–Kier alpha value is -2.41. The van der Waals surface area contributed by atoms with Gasteiger partial charge in [-0.05, 0) is 42.8 Å². The monoisotopic (exact) mass is 387 g/mol. The average Bonchev–Trinajstić information content (AvgIpc) is 2.94. The molecule has 2 N–H and O–H groups in total. The Kier molecular flexibility index (Phi) is 4.53. The fourth-order valence-electron chi connectivity index (χ4n) is 2.39. The molecular weight excluding hydrogens is 370 g/mol. The number of hydrogen-bond acceptors (Lipinski definition) is 3. The summed E-state index contributed by atoms with van der Waals surface area (Å²) in [4.78, 5) is 12.2.